The van der Waals surface area contributed by atoms with E-state index in [9.17, 15) is 14.4 Å². The van der Waals surface area contributed by atoms with Crippen molar-refractivity contribution in [1.29, 1.82) is 0 Å². The van der Waals surface area contributed by atoms with Gasteiger partial charge in [0.05, 0.1) is 6.54 Å². The maximum atomic E-state index is 12.3. The largest absolute Gasteiger partial charge is 0.421 e. The van der Waals surface area contributed by atoms with Crippen LogP contribution in [-0.2, 0) is 20.9 Å². The van der Waals surface area contributed by atoms with E-state index in [4.69, 9.17) is 12.0 Å². The smallest absolute Gasteiger partial charge is 0.360 e. The molecule has 118 valence electrons. The Morgan fingerprint density at radius 1 is 1.26 bits per heavy atom. The summed E-state index contributed by atoms with van der Waals surface area (Å²) >= 11 is 0. The van der Waals surface area contributed by atoms with Crippen molar-refractivity contribution < 1.29 is 19.2 Å². The van der Waals surface area contributed by atoms with E-state index in [1.165, 1.54) is 0 Å². The van der Waals surface area contributed by atoms with Gasteiger partial charge in [-0.05, 0) is 12.0 Å². The predicted molar refractivity (Wildman–Crippen MR) is 84.0 cm³/mol. The van der Waals surface area contributed by atoms with Gasteiger partial charge in [0.2, 0.25) is 11.7 Å². The minimum atomic E-state index is -0.922. The summed E-state index contributed by atoms with van der Waals surface area (Å²) in [7, 11) is 0. The molecule has 0 fully saturated rings. The van der Waals surface area contributed by atoms with Crippen LogP contribution in [-0.4, -0.2) is 33.0 Å². The molecule has 0 bridgehead atoms. The molecule has 6 nitrogen and oxygen atoms in total. The van der Waals surface area contributed by atoms with Crippen LogP contribution in [0, 0.1) is 12.3 Å². The molecule has 0 heterocycles. The predicted octanol–water partition coefficient (Wildman–Crippen LogP) is 1.61. The first-order chi connectivity index (χ1) is 11.0. The Morgan fingerprint density at radius 3 is 2.43 bits per heavy atom. The van der Waals surface area contributed by atoms with Gasteiger partial charge in [-0.2, -0.15) is 4.79 Å². The van der Waals surface area contributed by atoms with Crippen molar-refractivity contribution in [2.24, 2.45) is 0 Å². The molecular weight excluding hydrogens is 294 g/mol. The first kappa shape index (κ1) is 18.0. The second-order valence-corrected chi connectivity index (χ2v) is 4.83. The number of nitrogens with zero attached hydrogens (tertiary/aromatic N) is 3. The van der Waals surface area contributed by atoms with E-state index in [-0.39, 0.29) is 13.0 Å². The van der Waals surface area contributed by atoms with Crippen LogP contribution in [0.3, 0.4) is 0 Å². The van der Waals surface area contributed by atoms with Gasteiger partial charge in [-0.1, -0.05) is 30.3 Å². The van der Waals surface area contributed by atoms with E-state index in [0.29, 0.717) is 18.4 Å². The van der Waals surface area contributed by atoms with Gasteiger partial charge in [0.1, 0.15) is 0 Å². The lowest BCUT2D eigenvalue weighted by Gasteiger charge is -2.18. The van der Waals surface area contributed by atoms with Gasteiger partial charge in [0, 0.05) is 19.8 Å². The van der Waals surface area contributed by atoms with Crippen molar-refractivity contribution in [3.8, 4) is 12.3 Å². The van der Waals surface area contributed by atoms with Gasteiger partial charge >= 0.3 is 11.6 Å². The van der Waals surface area contributed by atoms with Gasteiger partial charge < -0.3 is 5.53 Å². The third-order valence-electron chi connectivity index (χ3n) is 3.08. The molecule has 1 rings (SSSR count). The van der Waals surface area contributed by atoms with Crippen LogP contribution >= 0.6 is 0 Å². The van der Waals surface area contributed by atoms with E-state index in [1.807, 2.05) is 0 Å². The lowest BCUT2D eigenvalue weighted by Crippen LogP contribution is -2.43. The fourth-order valence-electron chi connectivity index (χ4n) is 1.91. The normalized spacial score (nSPS) is 9.39. The first-order valence-corrected chi connectivity index (χ1v) is 7.06. The van der Waals surface area contributed by atoms with Crippen molar-refractivity contribution in [2.45, 2.75) is 32.7 Å². The molecule has 0 aliphatic heterocycles. The maximum absolute atomic E-state index is 12.3. The number of amides is 2. The number of carbonyl (C=O) groups is 3. The summed E-state index contributed by atoms with van der Waals surface area (Å²) in [6.45, 7) is 1.08. The fraction of sp³-hybridized carbons (Fsp3) is 0.294. The Balaban J connectivity index is 3.03. The Labute approximate surface area is 134 Å². The summed E-state index contributed by atoms with van der Waals surface area (Å²) in [5.41, 5.74) is 8.90. The SMILES string of the molecule is C#CCCCC(=O)N(Cc1ccccc1)C(=O)C(=[N+]=[N-])C(C)=O. The molecule has 0 spiro atoms. The summed E-state index contributed by atoms with van der Waals surface area (Å²) in [6, 6.07) is 8.84. The second-order valence-electron chi connectivity index (χ2n) is 4.83. The standard InChI is InChI=1S/C17H17N3O3/c1-3-4-6-11-15(22)20(12-14-9-7-5-8-10-14)17(23)16(19-18)13(2)21/h1,5,7-10H,4,6,11-12H2,2H3. The summed E-state index contributed by atoms with van der Waals surface area (Å²) in [4.78, 5) is 39.6. The van der Waals surface area contributed by atoms with Crippen LogP contribution in [0.25, 0.3) is 5.53 Å². The zero-order valence-corrected chi connectivity index (χ0v) is 12.9. The molecule has 0 saturated heterocycles. The minimum Gasteiger partial charge on any atom is -0.360 e. The Bertz CT molecular complexity index is 683. The molecule has 0 N–H and O–H groups in total. The number of imide groups is 1. The third-order valence-corrected chi connectivity index (χ3v) is 3.08. The molecule has 1 aromatic rings. The third kappa shape index (κ3) is 5.34. The number of carbonyl (C=O) groups excluding carboxylic acids is 3. The van der Waals surface area contributed by atoms with Gasteiger partial charge in [0.25, 0.3) is 0 Å². The van der Waals surface area contributed by atoms with Gasteiger partial charge in [-0.15, -0.1) is 12.3 Å². The van der Waals surface area contributed by atoms with Gasteiger partial charge in [-0.3, -0.25) is 19.3 Å². The molecular formula is C17H17N3O3. The van der Waals surface area contributed by atoms with E-state index in [1.54, 1.807) is 30.3 Å². The highest BCUT2D eigenvalue weighted by molar-refractivity contribution is 6.63. The van der Waals surface area contributed by atoms with Crippen LogP contribution in [0.4, 0.5) is 0 Å². The number of benzene rings is 1. The number of terminal acetylenes is 1. The average molecular weight is 311 g/mol. The molecule has 0 aliphatic rings. The Kier molecular flexibility index (Phi) is 7.12. The molecule has 23 heavy (non-hydrogen) atoms. The highest BCUT2D eigenvalue weighted by Crippen LogP contribution is 2.09. The number of hydrogen-bond acceptors (Lipinski definition) is 3. The lowest BCUT2D eigenvalue weighted by atomic mass is 10.1. The highest BCUT2D eigenvalue weighted by atomic mass is 16.2. The molecule has 1 aromatic carbocycles. The second kappa shape index (κ2) is 9.08. The molecule has 0 saturated carbocycles. The first-order valence-electron chi connectivity index (χ1n) is 7.06. The molecule has 0 aromatic heterocycles. The highest BCUT2D eigenvalue weighted by Gasteiger charge is 2.34. The van der Waals surface area contributed by atoms with Crippen LogP contribution in [0.15, 0.2) is 30.3 Å². The number of Topliss-reactive ketones (excluding diaryl/α,β-unsaturated/α-hetero) is 1. The summed E-state index contributed by atoms with van der Waals surface area (Å²) in [5.74, 6) is 0.307. The van der Waals surface area contributed by atoms with Crippen LogP contribution in [0.2, 0.25) is 0 Å². The van der Waals surface area contributed by atoms with Crippen molar-refractivity contribution in [3.63, 3.8) is 0 Å². The zero-order chi connectivity index (χ0) is 17.2. The molecule has 0 unspecified atom stereocenters. The van der Waals surface area contributed by atoms with Gasteiger partial charge in [-0.25, -0.2) is 0 Å². The summed E-state index contributed by atoms with van der Waals surface area (Å²) < 4.78 is 0. The van der Waals surface area contributed by atoms with E-state index in [0.717, 1.165) is 11.8 Å². The summed E-state index contributed by atoms with van der Waals surface area (Å²) in [5, 5.41) is 0. The van der Waals surface area contributed by atoms with Crippen molar-refractivity contribution in [3.05, 3.63) is 41.4 Å². The van der Waals surface area contributed by atoms with Gasteiger partial charge in [0.15, 0.2) is 0 Å². The molecule has 2 amide bonds. The maximum Gasteiger partial charge on any atom is 0.421 e. The minimum absolute atomic E-state index is 0.0130. The van der Waals surface area contributed by atoms with E-state index < -0.39 is 23.3 Å². The summed E-state index contributed by atoms with van der Waals surface area (Å²) in [6.07, 6.45) is 6.05. The van der Waals surface area contributed by atoms with Crippen LogP contribution < -0.4 is 0 Å². The van der Waals surface area contributed by atoms with E-state index in [2.05, 4.69) is 10.7 Å². The zero-order valence-electron chi connectivity index (χ0n) is 12.9. The monoisotopic (exact) mass is 311 g/mol. The molecule has 6 heteroatoms. The van der Waals surface area contributed by atoms with Crippen molar-refractivity contribution >= 4 is 23.3 Å². The van der Waals surface area contributed by atoms with Crippen molar-refractivity contribution in [2.75, 3.05) is 0 Å². The molecule has 0 aliphatic carbocycles. The molecule has 0 radical (unpaired) electrons. The Morgan fingerprint density at radius 2 is 1.91 bits per heavy atom. The fourth-order valence-corrected chi connectivity index (χ4v) is 1.91. The number of rotatable bonds is 7. The topological polar surface area (TPSA) is 90.8 Å². The number of unbranched alkanes of at least 4 members (excludes halogenated alkanes) is 1. The quantitative estimate of drug-likeness (QED) is 0.191. The number of hydrogen-bond donors (Lipinski definition) is 0. The van der Waals surface area contributed by atoms with Crippen LogP contribution in [0.1, 0.15) is 31.7 Å². The van der Waals surface area contributed by atoms with E-state index >= 15 is 0 Å². The number of ketones is 1. The van der Waals surface area contributed by atoms with Crippen LogP contribution in [0.5, 0.6) is 0 Å². The lowest BCUT2D eigenvalue weighted by molar-refractivity contribution is -0.144. The Hall–Kier alpha value is -3.03. The molecule has 0 atom stereocenters. The van der Waals surface area contributed by atoms with Crippen molar-refractivity contribution in [1.82, 2.24) is 4.90 Å². The average Bonchev–Trinajstić information content (AvgIpc) is 2.53.